The van der Waals surface area contributed by atoms with E-state index < -0.39 is 0 Å². The predicted octanol–water partition coefficient (Wildman–Crippen LogP) is 7.30. The van der Waals surface area contributed by atoms with Crippen molar-refractivity contribution in [3.8, 4) is 22.4 Å². The normalized spacial score (nSPS) is 11.0. The molecule has 0 saturated carbocycles. The minimum atomic E-state index is 1.03. The Balaban J connectivity index is 2.00. The predicted molar refractivity (Wildman–Crippen MR) is 116 cm³/mol. The highest BCUT2D eigenvalue weighted by molar-refractivity contribution is 6.03. The average Bonchev–Trinajstić information content (AvgIpc) is 2.75. The van der Waals surface area contributed by atoms with E-state index >= 15 is 0 Å². The molecule has 4 aromatic rings. The van der Waals surface area contributed by atoms with Gasteiger partial charge in [-0.1, -0.05) is 105 Å². The van der Waals surface area contributed by atoms with Crippen molar-refractivity contribution in [2.24, 2.45) is 0 Å². The molecule has 0 unspecified atom stereocenters. The molecule has 0 spiro atoms. The summed E-state index contributed by atoms with van der Waals surface area (Å²) in [6.07, 6.45) is 4.69. The molecule has 0 atom stereocenters. The fourth-order valence-electron chi connectivity index (χ4n) is 3.77. The highest BCUT2D eigenvalue weighted by atomic mass is 14.7. The summed E-state index contributed by atoms with van der Waals surface area (Å²) in [6.45, 7) is 2.25. The second kappa shape index (κ2) is 8.18. The van der Waals surface area contributed by atoms with Crippen molar-refractivity contribution < 1.29 is 0 Å². The van der Waals surface area contributed by atoms with Gasteiger partial charge in [-0.15, -0.1) is 0 Å². The number of aromatic nitrogens is 1. The Morgan fingerprint density at radius 2 is 1.22 bits per heavy atom. The third-order valence-corrected chi connectivity index (χ3v) is 5.12. The van der Waals surface area contributed by atoms with E-state index in [9.17, 15) is 0 Å². The van der Waals surface area contributed by atoms with E-state index in [1.807, 2.05) is 0 Å². The van der Waals surface area contributed by atoms with Crippen molar-refractivity contribution in [2.75, 3.05) is 0 Å². The number of benzene rings is 3. The van der Waals surface area contributed by atoms with Crippen molar-refractivity contribution in [3.05, 3.63) is 90.6 Å². The summed E-state index contributed by atoms with van der Waals surface area (Å²) in [4.78, 5) is 5.22. The van der Waals surface area contributed by atoms with Gasteiger partial charge >= 0.3 is 0 Å². The van der Waals surface area contributed by atoms with Gasteiger partial charge in [0.05, 0.1) is 5.69 Å². The molecule has 134 valence electrons. The van der Waals surface area contributed by atoms with Crippen LogP contribution in [0.15, 0.2) is 84.9 Å². The van der Waals surface area contributed by atoms with E-state index in [1.165, 1.54) is 52.4 Å². The van der Waals surface area contributed by atoms with Gasteiger partial charge in [-0.05, 0) is 23.8 Å². The minimum Gasteiger partial charge on any atom is -0.252 e. The van der Waals surface area contributed by atoms with E-state index in [4.69, 9.17) is 4.98 Å². The molecular formula is C26H25N. The van der Waals surface area contributed by atoms with Crippen LogP contribution in [0.1, 0.15) is 31.9 Å². The van der Waals surface area contributed by atoms with E-state index in [-0.39, 0.29) is 0 Å². The molecule has 0 amide bonds. The second-order valence-electron chi connectivity index (χ2n) is 7.02. The molecule has 0 radical (unpaired) electrons. The summed E-state index contributed by atoms with van der Waals surface area (Å²) in [5.41, 5.74) is 5.94. The van der Waals surface area contributed by atoms with Crippen LogP contribution < -0.4 is 0 Å². The Hall–Kier alpha value is -2.93. The number of pyridine rings is 1. The largest absolute Gasteiger partial charge is 0.252 e. The van der Waals surface area contributed by atoms with E-state index in [0.29, 0.717) is 0 Å². The lowest BCUT2D eigenvalue weighted by molar-refractivity contribution is 0.711. The Bertz CT molecular complexity index is 1020. The molecule has 0 aliphatic carbocycles. The fourth-order valence-corrected chi connectivity index (χ4v) is 3.77. The number of aryl methyl sites for hydroxylation is 1. The first-order valence-corrected chi connectivity index (χ1v) is 9.91. The molecule has 0 N–H and O–H groups in total. The second-order valence-corrected chi connectivity index (χ2v) is 7.02. The smallest absolute Gasteiger partial charge is 0.0790 e. The van der Waals surface area contributed by atoms with Crippen molar-refractivity contribution >= 4 is 10.8 Å². The SMILES string of the molecule is CCCCCc1nc(-c2ccccc2)c(-c2ccccc2)c2ccccc12. The lowest BCUT2D eigenvalue weighted by atomic mass is 9.92. The summed E-state index contributed by atoms with van der Waals surface area (Å²) >= 11 is 0. The van der Waals surface area contributed by atoms with Gasteiger partial charge < -0.3 is 0 Å². The van der Waals surface area contributed by atoms with Gasteiger partial charge in [0.2, 0.25) is 0 Å². The van der Waals surface area contributed by atoms with Gasteiger partial charge in [0.25, 0.3) is 0 Å². The maximum absolute atomic E-state index is 5.22. The monoisotopic (exact) mass is 351 g/mol. The maximum Gasteiger partial charge on any atom is 0.0790 e. The Morgan fingerprint density at radius 1 is 0.630 bits per heavy atom. The molecule has 27 heavy (non-hydrogen) atoms. The third kappa shape index (κ3) is 3.64. The zero-order valence-corrected chi connectivity index (χ0v) is 15.9. The van der Waals surface area contributed by atoms with Gasteiger partial charge in [0.15, 0.2) is 0 Å². The highest BCUT2D eigenvalue weighted by Crippen LogP contribution is 2.38. The van der Waals surface area contributed by atoms with E-state index in [1.54, 1.807) is 0 Å². The summed E-state index contributed by atoms with van der Waals surface area (Å²) in [5.74, 6) is 0. The van der Waals surface area contributed by atoms with Gasteiger partial charge in [-0.3, -0.25) is 4.98 Å². The van der Waals surface area contributed by atoms with Crippen LogP contribution >= 0.6 is 0 Å². The topological polar surface area (TPSA) is 12.9 Å². The third-order valence-electron chi connectivity index (χ3n) is 5.12. The molecule has 0 aliphatic heterocycles. The van der Waals surface area contributed by atoms with Crippen molar-refractivity contribution in [1.29, 1.82) is 0 Å². The zero-order valence-electron chi connectivity index (χ0n) is 15.9. The van der Waals surface area contributed by atoms with Crippen LogP contribution in [0.25, 0.3) is 33.2 Å². The molecule has 1 nitrogen and oxygen atoms in total. The first kappa shape index (κ1) is 17.5. The van der Waals surface area contributed by atoms with Gasteiger partial charge in [0.1, 0.15) is 0 Å². The Labute approximate surface area is 161 Å². The molecular weight excluding hydrogens is 326 g/mol. The number of fused-ring (bicyclic) bond motifs is 1. The molecule has 3 aromatic carbocycles. The molecule has 1 aromatic heterocycles. The van der Waals surface area contributed by atoms with Crippen LogP contribution in [0.2, 0.25) is 0 Å². The van der Waals surface area contributed by atoms with E-state index in [0.717, 1.165) is 12.1 Å². The summed E-state index contributed by atoms with van der Waals surface area (Å²) in [7, 11) is 0. The van der Waals surface area contributed by atoms with Crippen LogP contribution in [0.5, 0.6) is 0 Å². The molecule has 4 rings (SSSR count). The first-order valence-electron chi connectivity index (χ1n) is 9.91. The van der Waals surface area contributed by atoms with E-state index in [2.05, 4.69) is 91.9 Å². The number of rotatable bonds is 6. The lowest BCUT2D eigenvalue weighted by Gasteiger charge is -2.16. The quantitative estimate of drug-likeness (QED) is 0.332. The van der Waals surface area contributed by atoms with Crippen LogP contribution in [0, 0.1) is 0 Å². The van der Waals surface area contributed by atoms with Crippen molar-refractivity contribution in [3.63, 3.8) is 0 Å². The number of hydrogen-bond donors (Lipinski definition) is 0. The zero-order chi connectivity index (χ0) is 18.5. The van der Waals surface area contributed by atoms with Crippen LogP contribution in [-0.4, -0.2) is 4.98 Å². The highest BCUT2D eigenvalue weighted by Gasteiger charge is 2.16. The van der Waals surface area contributed by atoms with Gasteiger partial charge in [0, 0.05) is 22.2 Å². The average molecular weight is 351 g/mol. The van der Waals surface area contributed by atoms with Crippen molar-refractivity contribution in [2.45, 2.75) is 32.6 Å². The summed E-state index contributed by atoms with van der Waals surface area (Å²) in [6, 6.07) is 30.0. The van der Waals surface area contributed by atoms with Crippen LogP contribution in [0.4, 0.5) is 0 Å². The molecule has 0 aliphatic rings. The van der Waals surface area contributed by atoms with Gasteiger partial charge in [-0.2, -0.15) is 0 Å². The number of hydrogen-bond acceptors (Lipinski definition) is 1. The van der Waals surface area contributed by atoms with Gasteiger partial charge in [-0.25, -0.2) is 0 Å². The molecule has 1 heterocycles. The number of nitrogens with zero attached hydrogens (tertiary/aromatic N) is 1. The maximum atomic E-state index is 5.22. The van der Waals surface area contributed by atoms with Crippen molar-refractivity contribution in [1.82, 2.24) is 4.98 Å². The lowest BCUT2D eigenvalue weighted by Crippen LogP contribution is -1.99. The van der Waals surface area contributed by atoms with Crippen LogP contribution in [-0.2, 0) is 6.42 Å². The Kier molecular flexibility index (Phi) is 5.29. The molecule has 0 bridgehead atoms. The number of unbranched alkanes of at least 4 members (excludes halogenated alkanes) is 2. The molecule has 1 heteroatoms. The summed E-state index contributed by atoms with van der Waals surface area (Å²) in [5, 5.41) is 2.58. The standard InChI is InChI=1S/C26H25N/c1-2-3-6-19-24-22-17-11-12-18-23(22)25(20-13-7-4-8-14-20)26(27-24)21-15-9-5-10-16-21/h4-5,7-18H,2-3,6,19H2,1H3. The molecule has 0 saturated heterocycles. The Morgan fingerprint density at radius 3 is 1.89 bits per heavy atom. The fraction of sp³-hybridized carbons (Fsp3) is 0.192. The molecule has 0 fully saturated rings. The minimum absolute atomic E-state index is 1.03. The summed E-state index contributed by atoms with van der Waals surface area (Å²) < 4.78 is 0. The van der Waals surface area contributed by atoms with Crippen LogP contribution in [0.3, 0.4) is 0 Å². The first-order chi connectivity index (χ1) is 13.4.